The summed E-state index contributed by atoms with van der Waals surface area (Å²) in [6.07, 6.45) is 0. The summed E-state index contributed by atoms with van der Waals surface area (Å²) >= 11 is 0. The lowest BCUT2D eigenvalue weighted by Crippen LogP contribution is -2.26. The van der Waals surface area contributed by atoms with Crippen LogP contribution in [-0.2, 0) is 0 Å². The van der Waals surface area contributed by atoms with Crippen molar-refractivity contribution in [3.8, 4) is 0 Å². The predicted octanol–water partition coefficient (Wildman–Crippen LogP) is 0.238. The third-order valence-corrected chi connectivity index (χ3v) is 2.37. The first-order chi connectivity index (χ1) is 7.24. The zero-order chi connectivity index (χ0) is 10.7. The summed E-state index contributed by atoms with van der Waals surface area (Å²) in [5, 5.41) is 0. The van der Waals surface area contributed by atoms with Crippen molar-refractivity contribution in [2.75, 3.05) is 11.5 Å². The van der Waals surface area contributed by atoms with E-state index in [1.165, 1.54) is 10.9 Å². The van der Waals surface area contributed by atoms with Gasteiger partial charge in [-0.15, -0.1) is 0 Å². The van der Waals surface area contributed by atoms with Crippen molar-refractivity contribution in [3.63, 3.8) is 0 Å². The molecule has 3 heteroatoms. The minimum Gasteiger partial charge on any atom is -0.399 e. The number of rotatable bonds is 2. The van der Waals surface area contributed by atoms with Crippen LogP contribution in [0.5, 0.6) is 0 Å². The molecular formula is C12H13BN2. The Morgan fingerprint density at radius 1 is 0.600 bits per heavy atom. The summed E-state index contributed by atoms with van der Waals surface area (Å²) in [4.78, 5) is 0. The van der Waals surface area contributed by atoms with Crippen LogP contribution in [0.25, 0.3) is 0 Å². The van der Waals surface area contributed by atoms with E-state index in [9.17, 15) is 0 Å². The van der Waals surface area contributed by atoms with Crippen LogP contribution in [0.1, 0.15) is 0 Å². The van der Waals surface area contributed by atoms with Crippen molar-refractivity contribution < 1.29 is 0 Å². The van der Waals surface area contributed by atoms with Gasteiger partial charge in [-0.25, -0.2) is 0 Å². The fourth-order valence-electron chi connectivity index (χ4n) is 1.51. The maximum absolute atomic E-state index is 5.62. The lowest BCUT2D eigenvalue weighted by Gasteiger charge is -2.01. The van der Waals surface area contributed by atoms with Crippen LogP contribution < -0.4 is 22.4 Å². The van der Waals surface area contributed by atoms with E-state index in [-0.39, 0.29) is 0 Å². The second kappa shape index (κ2) is 4.09. The Morgan fingerprint density at radius 2 is 0.933 bits per heavy atom. The third kappa shape index (κ3) is 2.53. The van der Waals surface area contributed by atoms with Gasteiger partial charge in [0.1, 0.15) is 0 Å². The number of nitrogens with two attached hydrogens (primary N) is 2. The number of hydrogen-bond donors (Lipinski definition) is 2. The van der Waals surface area contributed by atoms with E-state index in [0.717, 1.165) is 18.7 Å². The average Bonchev–Trinajstić information content (AvgIpc) is 2.25. The molecule has 0 amide bonds. The van der Waals surface area contributed by atoms with Crippen molar-refractivity contribution in [1.82, 2.24) is 0 Å². The lowest BCUT2D eigenvalue weighted by molar-refractivity contribution is 1.71. The Morgan fingerprint density at radius 3 is 1.27 bits per heavy atom. The Bertz CT molecular complexity index is 391. The molecule has 0 saturated heterocycles. The van der Waals surface area contributed by atoms with Gasteiger partial charge in [-0.3, -0.25) is 0 Å². The summed E-state index contributed by atoms with van der Waals surface area (Å²) in [5.41, 5.74) is 15.4. The summed E-state index contributed by atoms with van der Waals surface area (Å²) < 4.78 is 0. The Labute approximate surface area is 90.2 Å². The largest absolute Gasteiger partial charge is 0.399 e. The highest BCUT2D eigenvalue weighted by atomic mass is 14.5. The highest BCUT2D eigenvalue weighted by molar-refractivity contribution is 6.67. The van der Waals surface area contributed by atoms with Crippen molar-refractivity contribution >= 4 is 29.6 Å². The van der Waals surface area contributed by atoms with E-state index in [1.807, 2.05) is 48.5 Å². The van der Waals surface area contributed by atoms with E-state index in [4.69, 9.17) is 11.5 Å². The second-order valence-electron chi connectivity index (χ2n) is 3.66. The molecule has 4 N–H and O–H groups in total. The fourth-order valence-corrected chi connectivity index (χ4v) is 1.51. The highest BCUT2D eigenvalue weighted by Gasteiger charge is 1.98. The van der Waals surface area contributed by atoms with Crippen molar-refractivity contribution in [3.05, 3.63) is 48.5 Å². The highest BCUT2D eigenvalue weighted by Crippen LogP contribution is 1.98. The van der Waals surface area contributed by atoms with Crippen molar-refractivity contribution in [2.45, 2.75) is 0 Å². The molecule has 0 bridgehead atoms. The Balaban J connectivity index is 2.15. The molecule has 2 aromatic carbocycles. The Hall–Kier alpha value is -1.90. The molecule has 2 rings (SSSR count). The van der Waals surface area contributed by atoms with Crippen LogP contribution in [0, 0.1) is 0 Å². The van der Waals surface area contributed by atoms with Gasteiger partial charge >= 0.3 is 0 Å². The minimum absolute atomic E-state index is 0.802. The van der Waals surface area contributed by atoms with Crippen LogP contribution in [0.4, 0.5) is 11.4 Å². The first-order valence-corrected chi connectivity index (χ1v) is 4.93. The SMILES string of the molecule is Nc1ccc(Bc2ccc(N)cc2)cc1. The third-order valence-electron chi connectivity index (χ3n) is 2.37. The van der Waals surface area contributed by atoms with Crippen LogP contribution in [-0.4, -0.2) is 7.28 Å². The van der Waals surface area contributed by atoms with E-state index in [1.54, 1.807) is 0 Å². The zero-order valence-electron chi connectivity index (χ0n) is 8.48. The molecule has 0 aliphatic rings. The molecule has 0 radical (unpaired) electrons. The first-order valence-electron chi connectivity index (χ1n) is 4.93. The predicted molar refractivity (Wildman–Crippen MR) is 68.1 cm³/mol. The molecule has 0 spiro atoms. The fraction of sp³-hybridized carbons (Fsp3) is 0. The Kier molecular flexibility index (Phi) is 2.63. The molecule has 0 saturated carbocycles. The van der Waals surface area contributed by atoms with Crippen molar-refractivity contribution in [2.24, 2.45) is 0 Å². The molecule has 0 unspecified atom stereocenters. The molecular weight excluding hydrogens is 183 g/mol. The minimum atomic E-state index is 0.802. The molecule has 0 fully saturated rings. The summed E-state index contributed by atoms with van der Waals surface area (Å²) in [5.74, 6) is 0. The standard InChI is InChI=1S/C12H13BN2/c14-11-5-1-9(2-6-11)13-10-3-7-12(15)8-4-10/h1-8,13H,14-15H2. The van der Waals surface area contributed by atoms with Gasteiger partial charge in [-0.2, -0.15) is 0 Å². The van der Waals surface area contributed by atoms with E-state index < -0.39 is 0 Å². The van der Waals surface area contributed by atoms with E-state index in [0.29, 0.717) is 0 Å². The van der Waals surface area contributed by atoms with E-state index in [2.05, 4.69) is 0 Å². The van der Waals surface area contributed by atoms with Crippen LogP contribution >= 0.6 is 0 Å². The van der Waals surface area contributed by atoms with Crippen LogP contribution in [0.15, 0.2) is 48.5 Å². The van der Waals surface area contributed by atoms with Crippen LogP contribution in [0.3, 0.4) is 0 Å². The molecule has 0 aliphatic carbocycles. The molecule has 74 valence electrons. The van der Waals surface area contributed by atoms with Gasteiger partial charge < -0.3 is 11.5 Å². The molecule has 0 heterocycles. The first kappa shape index (κ1) is 9.65. The quantitative estimate of drug-likeness (QED) is 0.533. The van der Waals surface area contributed by atoms with Gasteiger partial charge in [0, 0.05) is 11.4 Å². The molecule has 0 aromatic heterocycles. The normalized spacial score (nSPS) is 9.87. The van der Waals surface area contributed by atoms with E-state index >= 15 is 0 Å². The molecule has 0 atom stereocenters. The van der Waals surface area contributed by atoms with Gasteiger partial charge in [0.15, 0.2) is 7.28 Å². The number of hydrogen-bond acceptors (Lipinski definition) is 2. The smallest absolute Gasteiger partial charge is 0.192 e. The lowest BCUT2D eigenvalue weighted by atomic mass is 9.64. The number of anilines is 2. The topological polar surface area (TPSA) is 52.0 Å². The van der Waals surface area contributed by atoms with Gasteiger partial charge in [0.25, 0.3) is 0 Å². The average molecular weight is 196 g/mol. The second-order valence-corrected chi connectivity index (χ2v) is 3.66. The van der Waals surface area contributed by atoms with Gasteiger partial charge in [-0.05, 0) is 24.3 Å². The molecule has 2 nitrogen and oxygen atoms in total. The summed E-state index contributed by atoms with van der Waals surface area (Å²) in [6.45, 7) is 0. The maximum atomic E-state index is 5.62. The van der Waals surface area contributed by atoms with Crippen LogP contribution in [0.2, 0.25) is 0 Å². The maximum Gasteiger partial charge on any atom is 0.192 e. The monoisotopic (exact) mass is 196 g/mol. The summed E-state index contributed by atoms with van der Waals surface area (Å²) in [7, 11) is 0.917. The molecule has 2 aromatic rings. The zero-order valence-corrected chi connectivity index (χ0v) is 8.48. The summed E-state index contributed by atoms with van der Waals surface area (Å²) in [6, 6.07) is 15.9. The molecule has 0 aliphatic heterocycles. The van der Waals surface area contributed by atoms with Gasteiger partial charge in [0.2, 0.25) is 0 Å². The van der Waals surface area contributed by atoms with Gasteiger partial charge in [0.05, 0.1) is 0 Å². The number of benzene rings is 2. The van der Waals surface area contributed by atoms with Crippen molar-refractivity contribution in [1.29, 1.82) is 0 Å². The molecule has 15 heavy (non-hydrogen) atoms. The van der Waals surface area contributed by atoms with Gasteiger partial charge in [-0.1, -0.05) is 35.2 Å². The number of nitrogen functional groups attached to an aromatic ring is 2.